The molecule has 0 unspecified atom stereocenters. The number of pyridine rings is 2. The van der Waals surface area contributed by atoms with E-state index in [1.165, 1.54) is 78.1 Å². The molecule has 4 aromatic carbocycles. The molecule has 0 atom stereocenters. The van der Waals surface area contributed by atoms with Crippen LogP contribution in [-0.4, -0.2) is 23.2 Å². The quantitative estimate of drug-likeness (QED) is 0.123. The molecule has 3 aromatic heterocycles. The van der Waals surface area contributed by atoms with Gasteiger partial charge in [-0.05, 0) is 93.8 Å². The van der Waals surface area contributed by atoms with Gasteiger partial charge in [0, 0.05) is 31.0 Å². The van der Waals surface area contributed by atoms with Crippen molar-refractivity contribution in [2.24, 2.45) is 5.92 Å². The summed E-state index contributed by atoms with van der Waals surface area (Å²) in [5.41, 5.74) is 11.1. The summed E-state index contributed by atoms with van der Waals surface area (Å²) >= 11 is 0.155. The van der Waals surface area contributed by atoms with E-state index in [2.05, 4.69) is 135 Å². The van der Waals surface area contributed by atoms with Crippen LogP contribution in [0.25, 0.3) is 53.8 Å². The van der Waals surface area contributed by atoms with Crippen molar-refractivity contribution in [1.29, 1.82) is 0 Å². The standard InChI is InChI=1S/C33H32NS.C14H16GeN.Ir/c1-21-9-7-10-22(2)31(21)23-15-16-26-27-13-8-14-28(32(27)35-30(26)19-23)29-20-25(17-18-34-29)33(3,4)24-11-5-6-12-24;1-15(2,3)13-9-10-14(16-11-13)12-7-5-4-6-8-12;/h7-10,13,15-20,24H,5-6,11-12H2,1-4H3;4-7,9-11H,1-3H3;/q2*-1;. The third-order valence-corrected chi connectivity index (χ3v) is 16.4. The predicted molar refractivity (Wildman–Crippen MR) is 223 cm³/mol. The van der Waals surface area contributed by atoms with E-state index >= 15 is 0 Å². The largest absolute Gasteiger partial charge is 0 e. The third kappa shape index (κ3) is 7.92. The zero-order chi connectivity index (χ0) is 35.8. The Kier molecular flexibility index (Phi) is 11.7. The number of hydrogen-bond donors (Lipinski definition) is 0. The Balaban J connectivity index is 0.000000230. The van der Waals surface area contributed by atoms with Crippen LogP contribution >= 0.6 is 11.3 Å². The van der Waals surface area contributed by atoms with Crippen LogP contribution in [0, 0.1) is 31.9 Å². The zero-order valence-corrected chi connectivity index (χ0v) is 36.7. The Hall–Kier alpha value is -3.41. The molecule has 8 rings (SSSR count). The summed E-state index contributed by atoms with van der Waals surface area (Å²) in [5, 5.41) is 2.62. The molecular weight excluding hydrogens is 889 g/mol. The van der Waals surface area contributed by atoms with Gasteiger partial charge in [0.2, 0.25) is 0 Å². The molecule has 267 valence electrons. The summed E-state index contributed by atoms with van der Waals surface area (Å²) in [6.45, 7) is 9.24. The number of fused-ring (bicyclic) bond motifs is 3. The first-order chi connectivity index (χ1) is 24.5. The van der Waals surface area contributed by atoms with Gasteiger partial charge in [0.15, 0.2) is 0 Å². The molecule has 1 saturated carbocycles. The average Bonchev–Trinajstić information content (AvgIpc) is 3.81. The van der Waals surface area contributed by atoms with E-state index in [1.807, 2.05) is 48.0 Å². The Labute approximate surface area is 330 Å². The van der Waals surface area contributed by atoms with Crippen molar-refractivity contribution in [1.82, 2.24) is 9.97 Å². The molecule has 0 N–H and O–H groups in total. The summed E-state index contributed by atoms with van der Waals surface area (Å²) in [6.07, 6.45) is 9.45. The van der Waals surface area contributed by atoms with Crippen LogP contribution in [0.15, 0.2) is 109 Å². The van der Waals surface area contributed by atoms with Gasteiger partial charge in [-0.25, -0.2) is 0 Å². The number of aromatic nitrogens is 2. The molecular formula is C47H48GeIrN2S-2. The molecule has 0 saturated heterocycles. The Bertz CT molecular complexity index is 2280. The summed E-state index contributed by atoms with van der Waals surface area (Å²) in [4.78, 5) is 9.36. The van der Waals surface area contributed by atoms with Crippen LogP contribution in [0.4, 0.5) is 0 Å². The van der Waals surface area contributed by atoms with E-state index in [4.69, 9.17) is 4.98 Å². The van der Waals surface area contributed by atoms with Crippen molar-refractivity contribution in [3.05, 3.63) is 138 Å². The smallest absolute Gasteiger partial charge is 0 e. The van der Waals surface area contributed by atoms with Crippen molar-refractivity contribution in [2.75, 3.05) is 0 Å². The number of benzene rings is 4. The van der Waals surface area contributed by atoms with E-state index in [9.17, 15) is 0 Å². The number of rotatable bonds is 6. The zero-order valence-electron chi connectivity index (χ0n) is 31.4. The van der Waals surface area contributed by atoms with Crippen LogP contribution in [0.1, 0.15) is 56.2 Å². The molecule has 52 heavy (non-hydrogen) atoms. The second-order valence-corrected chi connectivity index (χ2v) is 27.5. The van der Waals surface area contributed by atoms with Crippen LogP contribution in [-0.2, 0) is 25.5 Å². The summed E-state index contributed by atoms with van der Waals surface area (Å²) in [6, 6.07) is 41.4. The van der Waals surface area contributed by atoms with Gasteiger partial charge in [-0.15, -0.1) is 23.8 Å². The predicted octanol–water partition coefficient (Wildman–Crippen LogP) is 12.8. The van der Waals surface area contributed by atoms with Crippen molar-refractivity contribution in [2.45, 2.75) is 76.1 Å². The molecule has 0 spiro atoms. The minimum Gasteiger partial charge on any atom is 0 e. The number of thiophene rings is 1. The minimum atomic E-state index is -1.72. The van der Waals surface area contributed by atoms with E-state index in [0.29, 0.717) is 0 Å². The summed E-state index contributed by atoms with van der Waals surface area (Å²) < 4.78 is 4.05. The fraction of sp³-hybridized carbons (Fsp3) is 0.277. The molecule has 2 nitrogen and oxygen atoms in total. The van der Waals surface area contributed by atoms with E-state index in [-0.39, 0.29) is 25.5 Å². The fourth-order valence-corrected chi connectivity index (χ4v) is 11.2. The second-order valence-electron chi connectivity index (χ2n) is 15.8. The van der Waals surface area contributed by atoms with Crippen molar-refractivity contribution >= 4 is 49.2 Å². The Morgan fingerprint density at radius 3 is 2.19 bits per heavy atom. The summed E-state index contributed by atoms with van der Waals surface area (Å²) in [7, 11) is 0. The van der Waals surface area contributed by atoms with E-state index < -0.39 is 13.3 Å². The van der Waals surface area contributed by atoms with Crippen molar-refractivity contribution in [3.63, 3.8) is 0 Å². The van der Waals surface area contributed by atoms with Crippen molar-refractivity contribution in [3.8, 4) is 33.6 Å². The Morgan fingerprint density at radius 1 is 0.750 bits per heavy atom. The maximum absolute atomic E-state index is 4.83. The van der Waals surface area contributed by atoms with Crippen molar-refractivity contribution < 1.29 is 20.1 Å². The SMILES string of the molecule is Cc1cccc(C)c1-c1ccc2c(c1)sc1c(-c3cc(C(C)(C)C4CCCC4)ccn3)[c-]ccc12.[CH3][Ge]([CH3])([CH3])[c]1ccc(-c2[c-]cccc2)nc1.[Ir]. The van der Waals surface area contributed by atoms with Gasteiger partial charge in [0.1, 0.15) is 0 Å². The molecule has 1 fully saturated rings. The molecule has 5 heteroatoms. The maximum atomic E-state index is 4.83. The second kappa shape index (κ2) is 15.9. The van der Waals surface area contributed by atoms with Gasteiger partial charge in [0.05, 0.1) is 0 Å². The monoisotopic (exact) mass is 939 g/mol. The minimum absolute atomic E-state index is 0. The average molecular weight is 938 g/mol. The molecule has 0 aliphatic heterocycles. The summed E-state index contributed by atoms with van der Waals surface area (Å²) in [5.74, 6) is 7.90. The first-order valence-corrected chi connectivity index (χ1v) is 26.5. The molecule has 7 aromatic rings. The number of hydrogen-bond acceptors (Lipinski definition) is 3. The van der Waals surface area contributed by atoms with Crippen LogP contribution in [0.5, 0.6) is 0 Å². The molecule has 1 radical (unpaired) electrons. The normalized spacial score (nSPS) is 13.5. The first kappa shape index (κ1) is 38.3. The molecule has 3 heterocycles. The van der Waals surface area contributed by atoms with Crippen LogP contribution in [0.3, 0.4) is 0 Å². The van der Waals surface area contributed by atoms with E-state index in [0.717, 1.165) is 28.4 Å². The van der Waals surface area contributed by atoms with Crippen LogP contribution < -0.4 is 4.40 Å². The van der Waals surface area contributed by atoms with Gasteiger partial charge >= 0.3 is 99.8 Å². The third-order valence-electron chi connectivity index (χ3n) is 11.0. The molecule has 0 amide bonds. The molecule has 1 aliphatic rings. The molecule has 1 aliphatic carbocycles. The molecule has 0 bridgehead atoms. The van der Waals surface area contributed by atoms with Gasteiger partial charge in [-0.1, -0.05) is 68.5 Å². The van der Waals surface area contributed by atoms with Gasteiger partial charge in [-0.2, -0.15) is 11.3 Å². The van der Waals surface area contributed by atoms with Crippen LogP contribution in [0.2, 0.25) is 17.3 Å². The number of aryl methyl sites for hydroxylation is 2. The Morgan fingerprint density at radius 2 is 1.52 bits per heavy atom. The topological polar surface area (TPSA) is 25.8 Å². The maximum Gasteiger partial charge on any atom is 0 e. The van der Waals surface area contributed by atoms with Gasteiger partial charge < -0.3 is 4.98 Å². The fourth-order valence-electron chi connectivity index (χ4n) is 7.76. The van der Waals surface area contributed by atoms with Gasteiger partial charge in [-0.3, -0.25) is 0 Å². The first-order valence-electron chi connectivity index (χ1n) is 18.3. The van der Waals surface area contributed by atoms with Gasteiger partial charge in [0.25, 0.3) is 0 Å². The number of nitrogens with zero attached hydrogens (tertiary/aromatic N) is 2. The van der Waals surface area contributed by atoms with E-state index in [1.54, 1.807) is 0 Å².